The Morgan fingerprint density at radius 3 is 1.06 bits per heavy atom. The van der Waals surface area contributed by atoms with Crippen LogP contribution in [-0.4, -0.2) is 67.1 Å². The molecule has 9 heteroatoms. The second kappa shape index (κ2) is 13.8. The molecule has 0 rings (SSSR count). The molecule has 36 heavy (non-hydrogen) atoms. The highest BCUT2D eigenvalue weighted by Gasteiger charge is 2.38. The fraction of sp³-hybridized carbons (Fsp3) is 0.963. The van der Waals surface area contributed by atoms with E-state index in [-0.39, 0.29) is 0 Å². The first kappa shape index (κ1) is 36.6. The van der Waals surface area contributed by atoms with Gasteiger partial charge in [0, 0.05) is 32.3 Å². The van der Waals surface area contributed by atoms with Gasteiger partial charge in [-0.3, -0.25) is 0 Å². The van der Waals surface area contributed by atoms with Crippen LogP contribution in [0.4, 0.5) is 4.79 Å². The highest BCUT2D eigenvalue weighted by atomic mass is 28.3. The first-order valence-electron chi connectivity index (χ1n) is 14.6. The fourth-order valence-corrected chi connectivity index (χ4v) is 29.1. The Morgan fingerprint density at radius 2 is 0.806 bits per heavy atom. The summed E-state index contributed by atoms with van der Waals surface area (Å²) < 4.78 is 11.5. The lowest BCUT2D eigenvalue weighted by Crippen LogP contribution is -2.44. The van der Waals surface area contributed by atoms with Gasteiger partial charge in [0.25, 0.3) is 0 Å². The summed E-state index contributed by atoms with van der Waals surface area (Å²) in [6.45, 7) is 39.6. The van der Waals surface area contributed by atoms with Crippen molar-refractivity contribution in [2.45, 2.75) is 153 Å². The van der Waals surface area contributed by atoms with Crippen LogP contribution in [0.2, 0.25) is 139 Å². The van der Waals surface area contributed by atoms with Gasteiger partial charge in [-0.25, -0.2) is 4.79 Å². The lowest BCUT2D eigenvalue weighted by Gasteiger charge is -2.36. The SMILES string of the molecule is CC(C[Si](C)(C)CC[Si](C)(C)C)[Si](C)(C)COC(=O)OC[Si](C)(C)C(C)C[Si](C)(C)CC[Si](C)(C)C. The molecule has 0 saturated heterocycles. The van der Waals surface area contributed by atoms with Crippen LogP contribution in [0.5, 0.6) is 0 Å². The molecule has 0 fully saturated rings. The van der Waals surface area contributed by atoms with Crippen molar-refractivity contribution in [3.63, 3.8) is 0 Å². The van der Waals surface area contributed by atoms with E-state index < -0.39 is 54.6 Å². The zero-order chi connectivity index (χ0) is 28.8. The van der Waals surface area contributed by atoms with E-state index in [0.717, 1.165) is 0 Å². The zero-order valence-corrected chi connectivity index (χ0v) is 33.5. The largest absolute Gasteiger partial charge is 0.507 e. The van der Waals surface area contributed by atoms with Gasteiger partial charge in [0.05, 0.1) is 28.6 Å². The van der Waals surface area contributed by atoms with Gasteiger partial charge in [0.1, 0.15) is 0 Å². The quantitative estimate of drug-likeness (QED) is 0.129. The topological polar surface area (TPSA) is 35.5 Å². The van der Waals surface area contributed by atoms with Crippen molar-refractivity contribution in [2.75, 3.05) is 12.5 Å². The zero-order valence-electron chi connectivity index (χ0n) is 27.5. The van der Waals surface area contributed by atoms with Crippen LogP contribution >= 0.6 is 0 Å². The van der Waals surface area contributed by atoms with Crippen molar-refractivity contribution in [3.8, 4) is 0 Å². The van der Waals surface area contributed by atoms with Crippen molar-refractivity contribution in [3.05, 3.63) is 0 Å². The average molecular weight is 607 g/mol. The van der Waals surface area contributed by atoms with Crippen molar-refractivity contribution in [1.82, 2.24) is 0 Å². The Morgan fingerprint density at radius 1 is 0.528 bits per heavy atom. The summed E-state index contributed by atoms with van der Waals surface area (Å²) in [4.78, 5) is 12.6. The van der Waals surface area contributed by atoms with Crippen LogP contribution in [-0.2, 0) is 9.47 Å². The summed E-state index contributed by atoms with van der Waals surface area (Å²) >= 11 is 0. The Bertz CT molecular complexity index is 622. The molecule has 0 saturated carbocycles. The van der Waals surface area contributed by atoms with Crippen molar-refractivity contribution < 1.29 is 14.3 Å². The number of carbonyl (C=O) groups is 1. The summed E-state index contributed by atoms with van der Waals surface area (Å²) in [5.41, 5.74) is 1.34. The fourth-order valence-electron chi connectivity index (χ4n) is 4.66. The maximum absolute atomic E-state index is 12.6. The van der Waals surface area contributed by atoms with E-state index in [2.05, 4.69) is 106 Å². The van der Waals surface area contributed by atoms with E-state index in [4.69, 9.17) is 9.47 Å². The highest BCUT2D eigenvalue weighted by molar-refractivity contribution is 6.86. The molecule has 0 amide bonds. The van der Waals surface area contributed by atoms with E-state index >= 15 is 0 Å². The predicted molar refractivity (Wildman–Crippen MR) is 182 cm³/mol. The number of hydrogen-bond acceptors (Lipinski definition) is 3. The molecule has 2 atom stereocenters. The maximum atomic E-state index is 12.6. The second-order valence-corrected chi connectivity index (χ2v) is 49.7. The smallest absolute Gasteiger partial charge is 0.438 e. The predicted octanol–water partition coefficient (Wildman–Crippen LogP) is 10.5. The normalized spacial score (nSPS) is 16.0. The van der Waals surface area contributed by atoms with Gasteiger partial charge in [-0.05, 0) is 11.1 Å². The summed E-state index contributed by atoms with van der Waals surface area (Å²) in [5.74, 6) is 0. The molecule has 0 aromatic heterocycles. The molecule has 0 radical (unpaired) electrons. The molecule has 0 aromatic carbocycles. The summed E-state index contributed by atoms with van der Waals surface area (Å²) in [5, 5.41) is 0. The summed E-state index contributed by atoms with van der Waals surface area (Å²) in [6.07, 6.45) is 0.736. The number of hydrogen-bond donors (Lipinski definition) is 0. The molecule has 0 aliphatic heterocycles. The lowest BCUT2D eigenvalue weighted by molar-refractivity contribution is 0.0773. The van der Waals surface area contributed by atoms with Crippen LogP contribution in [0, 0.1) is 0 Å². The van der Waals surface area contributed by atoms with Crippen LogP contribution < -0.4 is 0 Å². The monoisotopic (exact) mass is 606 g/mol. The van der Waals surface area contributed by atoms with Gasteiger partial charge in [-0.2, -0.15) is 0 Å². The first-order chi connectivity index (χ1) is 15.8. The molecule has 0 bridgehead atoms. The molecule has 2 unspecified atom stereocenters. The molecule has 0 N–H and O–H groups in total. The molecule has 0 aliphatic rings. The Balaban J connectivity index is 4.74. The van der Waals surface area contributed by atoms with Gasteiger partial charge in [-0.15, -0.1) is 0 Å². The molecule has 216 valence electrons. The third kappa shape index (κ3) is 16.5. The van der Waals surface area contributed by atoms with Crippen molar-refractivity contribution in [2.24, 2.45) is 0 Å². The molecule has 0 spiro atoms. The van der Waals surface area contributed by atoms with Crippen LogP contribution in [0.15, 0.2) is 0 Å². The minimum atomic E-state index is -1.66. The summed E-state index contributed by atoms with van der Waals surface area (Å²) in [7, 11) is -7.74. The number of rotatable bonds is 16. The Kier molecular flexibility index (Phi) is 14.0. The third-order valence-electron chi connectivity index (χ3n) is 8.61. The lowest BCUT2D eigenvalue weighted by atomic mass is 10.5. The molecular weight excluding hydrogens is 541 g/mol. The minimum absolute atomic E-state index is 0.430. The van der Waals surface area contributed by atoms with E-state index in [9.17, 15) is 4.79 Å². The standard InChI is InChI=1S/C27H66O3Si6/c1-25(21-33(9,10)19-17-31(3,4)5)35(13,14)23-29-27(28)30-24-36(15,16)26(2)22-34(11,12)20-18-32(6,7)8/h25-26H,17-24H2,1-16H3. The number of carbonyl (C=O) groups excluding carboxylic acids is 1. The number of ether oxygens (including phenoxy) is 2. The molecule has 0 aliphatic carbocycles. The summed E-state index contributed by atoms with van der Waals surface area (Å²) in [6, 6.07) is 8.47. The van der Waals surface area contributed by atoms with Crippen LogP contribution in [0.25, 0.3) is 0 Å². The molecule has 0 aromatic rings. The van der Waals surface area contributed by atoms with Crippen molar-refractivity contribution >= 4 is 54.6 Å². The van der Waals surface area contributed by atoms with E-state index in [0.29, 0.717) is 23.5 Å². The van der Waals surface area contributed by atoms with Gasteiger partial charge in [-0.1, -0.05) is 142 Å². The Labute approximate surface area is 233 Å². The van der Waals surface area contributed by atoms with E-state index in [1.807, 2.05) is 0 Å². The average Bonchev–Trinajstić information content (AvgIpc) is 2.66. The maximum Gasteiger partial charge on any atom is 0.507 e. The van der Waals surface area contributed by atoms with Gasteiger partial charge < -0.3 is 9.47 Å². The van der Waals surface area contributed by atoms with Crippen LogP contribution in [0.1, 0.15) is 13.8 Å². The first-order valence-corrected chi connectivity index (χ1v) is 35.4. The van der Waals surface area contributed by atoms with E-state index in [1.54, 1.807) is 0 Å². The van der Waals surface area contributed by atoms with Gasteiger partial charge in [0.15, 0.2) is 0 Å². The van der Waals surface area contributed by atoms with Gasteiger partial charge in [0.2, 0.25) is 0 Å². The second-order valence-electron chi connectivity index (χ2n) is 17.5. The Hall–Kier alpha value is 0.571. The van der Waals surface area contributed by atoms with Gasteiger partial charge >= 0.3 is 6.16 Å². The highest BCUT2D eigenvalue weighted by Crippen LogP contribution is 2.36. The minimum Gasteiger partial charge on any atom is -0.438 e. The van der Waals surface area contributed by atoms with Crippen molar-refractivity contribution in [1.29, 1.82) is 0 Å². The molecule has 3 nitrogen and oxygen atoms in total. The third-order valence-corrected chi connectivity index (χ3v) is 28.1. The molecule has 0 heterocycles. The molecular formula is C27H66O3Si6. The van der Waals surface area contributed by atoms with Crippen LogP contribution in [0.3, 0.4) is 0 Å². The van der Waals surface area contributed by atoms with E-state index in [1.165, 1.54) is 36.3 Å².